The van der Waals surface area contributed by atoms with Gasteiger partial charge in [-0.2, -0.15) is 0 Å². The third-order valence-electron chi connectivity index (χ3n) is 3.27. The summed E-state index contributed by atoms with van der Waals surface area (Å²) in [4.78, 5) is 12.1. The normalized spacial score (nSPS) is 10.5. The van der Waals surface area contributed by atoms with Crippen molar-refractivity contribution in [3.63, 3.8) is 0 Å². The van der Waals surface area contributed by atoms with E-state index in [9.17, 15) is 4.79 Å². The van der Waals surface area contributed by atoms with Gasteiger partial charge in [0.05, 0.1) is 18.5 Å². The van der Waals surface area contributed by atoms with Crippen LogP contribution in [0.5, 0.6) is 5.75 Å². The summed E-state index contributed by atoms with van der Waals surface area (Å²) in [6, 6.07) is 16.2. The van der Waals surface area contributed by atoms with Gasteiger partial charge in [0.2, 0.25) is 0 Å². The zero-order chi connectivity index (χ0) is 14.8. The first-order valence-electron chi connectivity index (χ1n) is 6.50. The Labute approximate surface area is 121 Å². The molecule has 0 atom stereocenters. The summed E-state index contributed by atoms with van der Waals surface area (Å²) >= 11 is 0. The molecule has 3 rings (SSSR count). The van der Waals surface area contributed by atoms with Crippen molar-refractivity contribution in [2.45, 2.75) is 0 Å². The van der Waals surface area contributed by atoms with Crippen LogP contribution >= 0.6 is 0 Å². The minimum absolute atomic E-state index is 0.119. The lowest BCUT2D eigenvalue weighted by molar-refractivity contribution is 0.414. The Balaban J connectivity index is 2.00. The highest BCUT2D eigenvalue weighted by Crippen LogP contribution is 2.19. The van der Waals surface area contributed by atoms with E-state index in [2.05, 4.69) is 5.10 Å². The predicted octanol–water partition coefficient (Wildman–Crippen LogP) is 2.42. The summed E-state index contributed by atoms with van der Waals surface area (Å²) in [6.07, 6.45) is 0. The molecule has 2 aromatic carbocycles. The van der Waals surface area contributed by atoms with Crippen LogP contribution in [0.15, 0.2) is 59.4 Å². The van der Waals surface area contributed by atoms with Gasteiger partial charge in [-0.1, -0.05) is 12.1 Å². The third kappa shape index (κ3) is 2.53. The van der Waals surface area contributed by atoms with E-state index in [0.29, 0.717) is 5.69 Å². The van der Waals surface area contributed by atoms with E-state index in [1.54, 1.807) is 25.3 Å². The molecule has 0 aliphatic carbocycles. The van der Waals surface area contributed by atoms with Crippen LogP contribution in [0.3, 0.4) is 0 Å². The number of aromatic amines is 1. The van der Waals surface area contributed by atoms with E-state index >= 15 is 0 Å². The van der Waals surface area contributed by atoms with Crippen molar-refractivity contribution < 1.29 is 4.74 Å². The van der Waals surface area contributed by atoms with Crippen molar-refractivity contribution in [2.75, 3.05) is 12.8 Å². The second-order valence-corrected chi connectivity index (χ2v) is 4.66. The molecule has 0 unspecified atom stereocenters. The molecule has 0 saturated carbocycles. The first kappa shape index (κ1) is 13.1. The maximum absolute atomic E-state index is 12.1. The number of H-pyrrole nitrogens is 1. The van der Waals surface area contributed by atoms with Crippen LogP contribution in [0, 0.1) is 0 Å². The molecule has 1 heterocycles. The SMILES string of the molecule is COc1ccc(-n2[nH]c(-c3ccc(N)cc3)cc2=O)cc1. The van der Waals surface area contributed by atoms with Gasteiger partial charge in [-0.05, 0) is 42.0 Å². The van der Waals surface area contributed by atoms with E-state index in [-0.39, 0.29) is 5.56 Å². The molecule has 0 aliphatic rings. The third-order valence-corrected chi connectivity index (χ3v) is 3.27. The van der Waals surface area contributed by atoms with Gasteiger partial charge in [-0.3, -0.25) is 9.89 Å². The lowest BCUT2D eigenvalue weighted by atomic mass is 10.1. The van der Waals surface area contributed by atoms with Crippen LogP contribution in [0.2, 0.25) is 0 Å². The number of benzene rings is 2. The van der Waals surface area contributed by atoms with Crippen molar-refractivity contribution >= 4 is 5.69 Å². The number of aromatic nitrogens is 2. The molecule has 0 bridgehead atoms. The van der Waals surface area contributed by atoms with Crippen LogP contribution < -0.4 is 16.0 Å². The molecule has 0 spiro atoms. The van der Waals surface area contributed by atoms with Crippen molar-refractivity contribution in [2.24, 2.45) is 0 Å². The smallest absolute Gasteiger partial charge is 0.271 e. The Morgan fingerprint density at radius 2 is 1.71 bits per heavy atom. The molecule has 0 amide bonds. The number of nitrogen functional groups attached to an aromatic ring is 1. The molecule has 1 aromatic heterocycles. The maximum atomic E-state index is 12.1. The molecule has 106 valence electrons. The summed E-state index contributed by atoms with van der Waals surface area (Å²) in [7, 11) is 1.61. The largest absolute Gasteiger partial charge is 0.497 e. The number of ether oxygens (including phenoxy) is 1. The van der Waals surface area contributed by atoms with E-state index in [1.807, 2.05) is 36.4 Å². The predicted molar refractivity (Wildman–Crippen MR) is 82.8 cm³/mol. The number of hydrogen-bond acceptors (Lipinski definition) is 3. The Bertz CT molecular complexity index is 799. The van der Waals surface area contributed by atoms with Gasteiger partial charge in [-0.15, -0.1) is 0 Å². The summed E-state index contributed by atoms with van der Waals surface area (Å²) in [5.74, 6) is 0.747. The second-order valence-electron chi connectivity index (χ2n) is 4.66. The quantitative estimate of drug-likeness (QED) is 0.724. The van der Waals surface area contributed by atoms with Gasteiger partial charge >= 0.3 is 0 Å². The van der Waals surface area contributed by atoms with E-state index in [0.717, 1.165) is 22.7 Å². The maximum Gasteiger partial charge on any atom is 0.271 e. The molecular formula is C16H15N3O2. The molecule has 0 fully saturated rings. The summed E-state index contributed by atoms with van der Waals surface area (Å²) in [6.45, 7) is 0. The summed E-state index contributed by atoms with van der Waals surface area (Å²) in [5.41, 5.74) is 8.65. The average molecular weight is 281 g/mol. The van der Waals surface area contributed by atoms with E-state index in [1.165, 1.54) is 4.68 Å². The number of methoxy groups -OCH3 is 1. The number of nitrogens with two attached hydrogens (primary N) is 1. The molecule has 0 saturated heterocycles. The van der Waals surface area contributed by atoms with Gasteiger partial charge in [0, 0.05) is 11.8 Å². The zero-order valence-electron chi connectivity index (χ0n) is 11.5. The number of anilines is 1. The Hall–Kier alpha value is -2.95. The van der Waals surface area contributed by atoms with Crippen molar-refractivity contribution in [3.8, 4) is 22.7 Å². The fourth-order valence-electron chi connectivity index (χ4n) is 2.13. The highest BCUT2D eigenvalue weighted by molar-refractivity contribution is 5.61. The molecule has 5 nitrogen and oxygen atoms in total. The van der Waals surface area contributed by atoms with Crippen LogP contribution in [0.25, 0.3) is 16.9 Å². The van der Waals surface area contributed by atoms with Gasteiger partial charge in [0.25, 0.3) is 5.56 Å². The van der Waals surface area contributed by atoms with Gasteiger partial charge in [0.15, 0.2) is 0 Å². The molecule has 3 N–H and O–H groups in total. The van der Waals surface area contributed by atoms with Crippen LogP contribution in [0.1, 0.15) is 0 Å². The number of nitrogens with one attached hydrogen (secondary N) is 1. The number of hydrogen-bond donors (Lipinski definition) is 2. The number of rotatable bonds is 3. The van der Waals surface area contributed by atoms with Gasteiger partial charge < -0.3 is 10.5 Å². The molecule has 21 heavy (non-hydrogen) atoms. The fraction of sp³-hybridized carbons (Fsp3) is 0.0625. The monoisotopic (exact) mass is 281 g/mol. The van der Waals surface area contributed by atoms with E-state index in [4.69, 9.17) is 10.5 Å². The number of nitrogens with zero attached hydrogens (tertiary/aromatic N) is 1. The molecule has 3 aromatic rings. The lowest BCUT2D eigenvalue weighted by Gasteiger charge is -2.04. The van der Waals surface area contributed by atoms with Gasteiger partial charge in [-0.25, -0.2) is 4.68 Å². The van der Waals surface area contributed by atoms with Crippen molar-refractivity contribution in [1.29, 1.82) is 0 Å². The molecule has 5 heteroatoms. The minimum atomic E-state index is -0.119. The van der Waals surface area contributed by atoms with Gasteiger partial charge in [0.1, 0.15) is 5.75 Å². The minimum Gasteiger partial charge on any atom is -0.497 e. The standard InChI is InChI=1S/C16H15N3O2/c1-21-14-8-6-13(7-9-14)19-16(20)10-15(18-19)11-2-4-12(17)5-3-11/h2-10,18H,17H2,1H3. The first-order chi connectivity index (χ1) is 10.2. The molecular weight excluding hydrogens is 266 g/mol. The highest BCUT2D eigenvalue weighted by atomic mass is 16.5. The Kier molecular flexibility index (Phi) is 3.23. The van der Waals surface area contributed by atoms with E-state index < -0.39 is 0 Å². The Morgan fingerprint density at radius 1 is 1.05 bits per heavy atom. The highest BCUT2D eigenvalue weighted by Gasteiger charge is 2.07. The lowest BCUT2D eigenvalue weighted by Crippen LogP contribution is -2.13. The van der Waals surface area contributed by atoms with Crippen molar-refractivity contribution in [1.82, 2.24) is 9.78 Å². The van der Waals surface area contributed by atoms with Crippen molar-refractivity contribution in [3.05, 3.63) is 65.0 Å². The molecule has 0 aliphatic heterocycles. The fourth-order valence-corrected chi connectivity index (χ4v) is 2.13. The molecule has 0 radical (unpaired) electrons. The van der Waals surface area contributed by atoms with Crippen LogP contribution in [0.4, 0.5) is 5.69 Å². The summed E-state index contributed by atoms with van der Waals surface area (Å²) < 4.78 is 6.60. The average Bonchev–Trinajstić information content (AvgIpc) is 2.90. The summed E-state index contributed by atoms with van der Waals surface area (Å²) in [5, 5.41) is 3.09. The zero-order valence-corrected chi connectivity index (χ0v) is 11.5. The second kappa shape index (κ2) is 5.20. The van der Waals surface area contributed by atoms with Crippen LogP contribution in [-0.4, -0.2) is 16.9 Å². The van der Waals surface area contributed by atoms with Crippen LogP contribution in [-0.2, 0) is 0 Å². The Morgan fingerprint density at radius 3 is 2.33 bits per heavy atom. The topological polar surface area (TPSA) is 73.0 Å². The first-order valence-corrected chi connectivity index (χ1v) is 6.50.